The molecular formula is C11H18N2O4. The van der Waals surface area contributed by atoms with E-state index in [0.717, 1.165) is 19.4 Å². The average molecular weight is 242 g/mol. The molecule has 2 N–H and O–H groups in total. The molecule has 0 bridgehead atoms. The summed E-state index contributed by atoms with van der Waals surface area (Å²) in [5.74, 6) is -0.486. The van der Waals surface area contributed by atoms with Gasteiger partial charge in [0.25, 0.3) is 0 Å². The normalized spacial score (nSPS) is 28.8. The number of hydrogen-bond donors (Lipinski definition) is 2. The molecule has 2 rings (SSSR count). The summed E-state index contributed by atoms with van der Waals surface area (Å²) in [6.07, 6.45) is 2.08. The van der Waals surface area contributed by atoms with Gasteiger partial charge in [-0.15, -0.1) is 0 Å². The zero-order valence-electron chi connectivity index (χ0n) is 9.74. The van der Waals surface area contributed by atoms with Gasteiger partial charge in [-0.25, -0.2) is 0 Å². The van der Waals surface area contributed by atoms with Crippen LogP contribution in [-0.4, -0.2) is 50.3 Å². The van der Waals surface area contributed by atoms with Crippen molar-refractivity contribution in [3.63, 3.8) is 0 Å². The molecule has 17 heavy (non-hydrogen) atoms. The van der Waals surface area contributed by atoms with Crippen molar-refractivity contribution >= 4 is 11.9 Å². The van der Waals surface area contributed by atoms with E-state index >= 15 is 0 Å². The van der Waals surface area contributed by atoms with Crippen molar-refractivity contribution in [2.75, 3.05) is 26.3 Å². The molecule has 2 aliphatic rings. The predicted molar refractivity (Wildman–Crippen MR) is 59.4 cm³/mol. The highest BCUT2D eigenvalue weighted by atomic mass is 16.6. The van der Waals surface area contributed by atoms with Gasteiger partial charge in [0.05, 0.1) is 18.6 Å². The van der Waals surface area contributed by atoms with Crippen LogP contribution in [0, 0.1) is 0 Å². The molecule has 6 nitrogen and oxygen atoms in total. The summed E-state index contributed by atoms with van der Waals surface area (Å²) < 4.78 is 10.4. The summed E-state index contributed by atoms with van der Waals surface area (Å²) >= 11 is 0. The lowest BCUT2D eigenvalue weighted by atomic mass is 10.1. The fourth-order valence-electron chi connectivity index (χ4n) is 2.00. The molecule has 6 heteroatoms. The maximum absolute atomic E-state index is 11.5. The molecule has 0 aromatic rings. The van der Waals surface area contributed by atoms with Gasteiger partial charge in [0.2, 0.25) is 5.91 Å². The molecule has 2 atom stereocenters. The number of ether oxygens (including phenoxy) is 2. The number of nitrogens with one attached hydrogen (secondary N) is 2. The van der Waals surface area contributed by atoms with Crippen LogP contribution >= 0.6 is 0 Å². The summed E-state index contributed by atoms with van der Waals surface area (Å²) in [7, 11) is 0. The second kappa shape index (κ2) is 5.97. The monoisotopic (exact) mass is 242 g/mol. The van der Waals surface area contributed by atoms with Crippen LogP contribution in [-0.2, 0) is 19.1 Å². The van der Waals surface area contributed by atoms with E-state index < -0.39 is 6.04 Å². The first kappa shape index (κ1) is 12.3. The minimum absolute atomic E-state index is 0.0343. The van der Waals surface area contributed by atoms with Crippen LogP contribution in [0.3, 0.4) is 0 Å². The highest BCUT2D eigenvalue weighted by molar-refractivity contribution is 5.87. The zero-order valence-corrected chi connectivity index (χ0v) is 9.74. The Kier molecular flexibility index (Phi) is 4.33. The summed E-state index contributed by atoms with van der Waals surface area (Å²) in [6.45, 7) is 2.34. The molecule has 0 aromatic carbocycles. The molecule has 2 fully saturated rings. The van der Waals surface area contributed by atoms with Crippen molar-refractivity contribution in [3.8, 4) is 0 Å². The first-order valence-corrected chi connectivity index (χ1v) is 6.04. The molecule has 2 heterocycles. The Morgan fingerprint density at radius 2 is 2.35 bits per heavy atom. The Bertz CT molecular complexity index is 289. The second-order valence-corrected chi connectivity index (χ2v) is 4.32. The van der Waals surface area contributed by atoms with Gasteiger partial charge in [-0.1, -0.05) is 0 Å². The summed E-state index contributed by atoms with van der Waals surface area (Å²) in [4.78, 5) is 22.9. The third-order valence-electron chi connectivity index (χ3n) is 2.96. The number of carbonyl (C=O) groups is 2. The van der Waals surface area contributed by atoms with Gasteiger partial charge in [-0.3, -0.25) is 9.59 Å². The Balaban J connectivity index is 1.67. The molecule has 0 aromatic heterocycles. The Morgan fingerprint density at radius 1 is 1.47 bits per heavy atom. The van der Waals surface area contributed by atoms with E-state index in [1.54, 1.807) is 0 Å². The van der Waals surface area contributed by atoms with Gasteiger partial charge in [-0.05, 0) is 12.8 Å². The Hall–Kier alpha value is -1.14. The molecular weight excluding hydrogens is 224 g/mol. The Morgan fingerprint density at radius 3 is 3.06 bits per heavy atom. The van der Waals surface area contributed by atoms with E-state index in [2.05, 4.69) is 10.6 Å². The topological polar surface area (TPSA) is 76.7 Å². The van der Waals surface area contributed by atoms with Crippen LogP contribution in [0.25, 0.3) is 0 Å². The van der Waals surface area contributed by atoms with Gasteiger partial charge in [0.15, 0.2) is 0 Å². The first-order chi connectivity index (χ1) is 8.25. The van der Waals surface area contributed by atoms with Crippen LogP contribution in [0.1, 0.15) is 19.3 Å². The standard InChI is InChI=1S/C11H18N2O4/c14-10(17-7-8-2-1-5-16-8)6-9-11(15)13-4-3-12-9/h8-9,12H,1-7H2,(H,13,15)/t8-,9+/m1/s1. The number of carbonyl (C=O) groups excluding carboxylic acids is 2. The lowest BCUT2D eigenvalue weighted by Gasteiger charge is -2.22. The molecule has 0 saturated carbocycles. The molecule has 1 amide bonds. The van der Waals surface area contributed by atoms with E-state index in [1.165, 1.54) is 0 Å². The van der Waals surface area contributed by atoms with Crippen LogP contribution in [0.5, 0.6) is 0 Å². The first-order valence-electron chi connectivity index (χ1n) is 6.04. The molecule has 0 aliphatic carbocycles. The number of rotatable bonds is 4. The number of esters is 1. The lowest BCUT2D eigenvalue weighted by Crippen LogP contribution is -2.53. The summed E-state index contributed by atoms with van der Waals surface area (Å²) in [5.41, 5.74) is 0. The van der Waals surface area contributed by atoms with Crippen LogP contribution in [0.2, 0.25) is 0 Å². The van der Waals surface area contributed by atoms with Gasteiger partial charge in [0.1, 0.15) is 6.61 Å². The Labute approximate surface area is 100 Å². The highest BCUT2D eigenvalue weighted by Crippen LogP contribution is 2.12. The fourth-order valence-corrected chi connectivity index (χ4v) is 2.00. The molecule has 2 saturated heterocycles. The smallest absolute Gasteiger partial charge is 0.308 e. The predicted octanol–water partition coefficient (Wildman–Crippen LogP) is -0.813. The third-order valence-corrected chi connectivity index (χ3v) is 2.96. The molecule has 2 aliphatic heterocycles. The van der Waals surface area contributed by atoms with E-state index in [4.69, 9.17) is 9.47 Å². The van der Waals surface area contributed by atoms with Gasteiger partial charge in [0, 0.05) is 19.7 Å². The number of hydrogen-bond acceptors (Lipinski definition) is 5. The van der Waals surface area contributed by atoms with Crippen LogP contribution in [0.4, 0.5) is 0 Å². The maximum Gasteiger partial charge on any atom is 0.308 e. The summed E-state index contributed by atoms with van der Waals surface area (Å²) in [6, 6.07) is -0.458. The van der Waals surface area contributed by atoms with E-state index in [0.29, 0.717) is 19.7 Å². The van der Waals surface area contributed by atoms with Gasteiger partial charge >= 0.3 is 5.97 Å². The van der Waals surface area contributed by atoms with E-state index in [9.17, 15) is 9.59 Å². The SMILES string of the molecule is O=C(C[C@@H]1NCCNC1=O)OC[C@H]1CCCO1. The maximum atomic E-state index is 11.5. The van der Waals surface area contributed by atoms with E-state index in [-0.39, 0.29) is 24.4 Å². The van der Waals surface area contributed by atoms with Crippen LogP contribution < -0.4 is 10.6 Å². The molecule has 0 unspecified atom stereocenters. The molecule has 0 radical (unpaired) electrons. The number of piperazine rings is 1. The summed E-state index contributed by atoms with van der Waals surface area (Å²) in [5, 5.41) is 5.68. The van der Waals surface area contributed by atoms with Crippen molar-refractivity contribution in [1.29, 1.82) is 0 Å². The zero-order chi connectivity index (χ0) is 12.1. The minimum Gasteiger partial charge on any atom is -0.463 e. The van der Waals surface area contributed by atoms with Crippen molar-refractivity contribution in [3.05, 3.63) is 0 Å². The third kappa shape index (κ3) is 3.67. The van der Waals surface area contributed by atoms with Crippen molar-refractivity contribution in [2.24, 2.45) is 0 Å². The number of amides is 1. The minimum atomic E-state index is -0.458. The van der Waals surface area contributed by atoms with Crippen molar-refractivity contribution in [1.82, 2.24) is 10.6 Å². The van der Waals surface area contributed by atoms with E-state index in [1.807, 2.05) is 0 Å². The quantitative estimate of drug-likeness (QED) is 0.630. The molecule has 96 valence electrons. The second-order valence-electron chi connectivity index (χ2n) is 4.32. The van der Waals surface area contributed by atoms with Crippen molar-refractivity contribution < 1.29 is 19.1 Å². The largest absolute Gasteiger partial charge is 0.463 e. The average Bonchev–Trinajstić information content (AvgIpc) is 2.82. The molecule has 0 spiro atoms. The van der Waals surface area contributed by atoms with Crippen molar-refractivity contribution in [2.45, 2.75) is 31.4 Å². The van der Waals surface area contributed by atoms with Gasteiger partial charge in [-0.2, -0.15) is 0 Å². The lowest BCUT2D eigenvalue weighted by molar-refractivity contribution is -0.149. The fraction of sp³-hybridized carbons (Fsp3) is 0.818. The highest BCUT2D eigenvalue weighted by Gasteiger charge is 2.25. The van der Waals surface area contributed by atoms with Crippen LogP contribution in [0.15, 0.2) is 0 Å². The van der Waals surface area contributed by atoms with Gasteiger partial charge < -0.3 is 20.1 Å².